The van der Waals surface area contributed by atoms with Gasteiger partial charge in [0.1, 0.15) is 12.3 Å². The molecule has 0 saturated carbocycles. The number of ether oxygens (including phenoxy) is 1. The lowest BCUT2D eigenvalue weighted by Crippen LogP contribution is -2.14. The van der Waals surface area contributed by atoms with Gasteiger partial charge in [-0.2, -0.15) is 0 Å². The molecule has 0 aliphatic carbocycles. The molecular formula is C9H10N4O2. The average molecular weight is 206 g/mol. The zero-order chi connectivity index (χ0) is 11.1. The molecule has 0 bridgehead atoms. The number of nitrogens with one attached hydrogen (secondary N) is 1. The largest absolute Gasteiger partial charge is 0.495 e. The highest BCUT2D eigenvalue weighted by molar-refractivity contribution is 5.93. The Kier molecular flexibility index (Phi) is 4.00. The Hall–Kier alpha value is -2.20. The zero-order valence-corrected chi connectivity index (χ0v) is 8.17. The van der Waals surface area contributed by atoms with E-state index in [2.05, 4.69) is 15.3 Å². The van der Waals surface area contributed by atoms with Gasteiger partial charge in [-0.3, -0.25) is 4.79 Å². The molecule has 1 rings (SSSR count). The van der Waals surface area contributed by atoms with Gasteiger partial charge in [-0.05, 0) is 17.7 Å². The Labute approximate surface area is 86.5 Å². The number of benzene rings is 1. The molecule has 0 aromatic heterocycles. The average Bonchev–Trinajstić information content (AvgIpc) is 2.27. The van der Waals surface area contributed by atoms with Gasteiger partial charge in [-0.25, -0.2) is 0 Å². The van der Waals surface area contributed by atoms with Gasteiger partial charge in [-0.15, -0.1) is 0 Å². The van der Waals surface area contributed by atoms with Crippen LogP contribution in [-0.2, 0) is 4.79 Å². The van der Waals surface area contributed by atoms with E-state index in [9.17, 15) is 4.79 Å². The number of anilines is 1. The standard InChI is InChI=1S/C9H10N4O2/c1-15-8-5-3-2-4-7(8)12-9(14)6-11-13-10/h2-5H,6H2,1H3,(H,12,14). The summed E-state index contributed by atoms with van der Waals surface area (Å²) < 4.78 is 5.03. The SMILES string of the molecule is COc1ccccc1NC(=O)CN=[N+]=[N-]. The van der Waals surface area contributed by atoms with E-state index in [0.717, 1.165) is 0 Å². The van der Waals surface area contributed by atoms with Gasteiger partial charge in [-0.1, -0.05) is 17.2 Å². The molecule has 1 N–H and O–H groups in total. The molecule has 0 fully saturated rings. The maximum atomic E-state index is 11.2. The molecule has 0 saturated heterocycles. The normalized spacial score (nSPS) is 8.87. The fraction of sp³-hybridized carbons (Fsp3) is 0.222. The van der Waals surface area contributed by atoms with Crippen LogP contribution >= 0.6 is 0 Å². The van der Waals surface area contributed by atoms with Crippen LogP contribution in [0.3, 0.4) is 0 Å². The first-order valence-corrected chi connectivity index (χ1v) is 4.21. The number of hydrogen-bond donors (Lipinski definition) is 1. The van der Waals surface area contributed by atoms with Gasteiger partial charge in [0.05, 0.1) is 12.8 Å². The highest BCUT2D eigenvalue weighted by atomic mass is 16.5. The third kappa shape index (κ3) is 3.21. The van der Waals surface area contributed by atoms with Crippen LogP contribution in [0.4, 0.5) is 5.69 Å². The smallest absolute Gasteiger partial charge is 0.230 e. The molecule has 78 valence electrons. The minimum Gasteiger partial charge on any atom is -0.495 e. The van der Waals surface area contributed by atoms with Crippen LogP contribution in [0.25, 0.3) is 10.4 Å². The van der Waals surface area contributed by atoms with E-state index in [0.29, 0.717) is 11.4 Å². The van der Waals surface area contributed by atoms with E-state index in [1.165, 1.54) is 7.11 Å². The molecule has 6 heteroatoms. The summed E-state index contributed by atoms with van der Waals surface area (Å²) in [5, 5.41) is 5.72. The monoisotopic (exact) mass is 206 g/mol. The first kappa shape index (κ1) is 10.9. The van der Waals surface area contributed by atoms with Crippen LogP contribution in [0.5, 0.6) is 5.75 Å². The van der Waals surface area contributed by atoms with Gasteiger partial charge in [0.2, 0.25) is 5.91 Å². The summed E-state index contributed by atoms with van der Waals surface area (Å²) in [5.74, 6) is 0.184. The predicted octanol–water partition coefficient (Wildman–Crippen LogP) is 1.94. The quantitative estimate of drug-likeness (QED) is 0.463. The molecule has 1 aromatic rings. The molecule has 0 atom stereocenters. The van der Waals surface area contributed by atoms with Crippen molar-refractivity contribution in [3.8, 4) is 5.75 Å². The van der Waals surface area contributed by atoms with E-state index in [1.807, 2.05) is 0 Å². The molecule has 1 aromatic carbocycles. The molecule has 0 heterocycles. The number of rotatable bonds is 4. The summed E-state index contributed by atoms with van der Waals surface area (Å²) in [7, 11) is 1.51. The zero-order valence-electron chi connectivity index (χ0n) is 8.17. The molecule has 0 aliphatic heterocycles. The Balaban J connectivity index is 2.71. The Morgan fingerprint density at radius 2 is 2.33 bits per heavy atom. The van der Waals surface area contributed by atoms with Gasteiger partial charge < -0.3 is 10.1 Å². The van der Waals surface area contributed by atoms with E-state index in [1.54, 1.807) is 24.3 Å². The maximum absolute atomic E-state index is 11.2. The van der Waals surface area contributed by atoms with E-state index < -0.39 is 0 Å². The Bertz CT molecular complexity index is 399. The summed E-state index contributed by atoms with van der Waals surface area (Å²) >= 11 is 0. The third-order valence-electron chi connectivity index (χ3n) is 1.66. The number of carbonyl (C=O) groups excluding carboxylic acids is 1. The molecule has 0 aliphatic rings. The van der Waals surface area contributed by atoms with E-state index in [4.69, 9.17) is 10.3 Å². The fourth-order valence-electron chi connectivity index (χ4n) is 1.03. The van der Waals surface area contributed by atoms with Crippen molar-refractivity contribution in [3.63, 3.8) is 0 Å². The van der Waals surface area contributed by atoms with Crippen molar-refractivity contribution in [1.82, 2.24) is 0 Å². The first-order valence-electron chi connectivity index (χ1n) is 4.21. The van der Waals surface area contributed by atoms with Crippen molar-refractivity contribution in [2.24, 2.45) is 5.11 Å². The molecule has 1 amide bonds. The number of para-hydroxylation sites is 2. The van der Waals surface area contributed by atoms with Crippen LogP contribution < -0.4 is 10.1 Å². The Morgan fingerprint density at radius 3 is 3.00 bits per heavy atom. The minimum atomic E-state index is -0.377. The van der Waals surface area contributed by atoms with Crippen molar-refractivity contribution in [3.05, 3.63) is 34.7 Å². The van der Waals surface area contributed by atoms with Crippen molar-refractivity contribution >= 4 is 11.6 Å². The summed E-state index contributed by atoms with van der Waals surface area (Å²) in [5.41, 5.74) is 8.59. The number of carbonyl (C=O) groups is 1. The lowest BCUT2D eigenvalue weighted by Gasteiger charge is -2.08. The molecular weight excluding hydrogens is 196 g/mol. The van der Waals surface area contributed by atoms with Crippen LogP contribution in [0.1, 0.15) is 0 Å². The highest BCUT2D eigenvalue weighted by Crippen LogP contribution is 2.22. The Morgan fingerprint density at radius 1 is 1.60 bits per heavy atom. The lowest BCUT2D eigenvalue weighted by atomic mass is 10.3. The topological polar surface area (TPSA) is 87.1 Å². The summed E-state index contributed by atoms with van der Waals surface area (Å²) in [6.45, 7) is -0.228. The first-order chi connectivity index (χ1) is 7.27. The van der Waals surface area contributed by atoms with Crippen LogP contribution in [0, 0.1) is 0 Å². The second kappa shape index (κ2) is 5.51. The predicted molar refractivity (Wildman–Crippen MR) is 55.6 cm³/mol. The van der Waals surface area contributed by atoms with Crippen LogP contribution in [0.15, 0.2) is 29.4 Å². The fourth-order valence-corrected chi connectivity index (χ4v) is 1.03. The second-order valence-electron chi connectivity index (χ2n) is 2.64. The molecule has 15 heavy (non-hydrogen) atoms. The van der Waals surface area contributed by atoms with Crippen molar-refractivity contribution in [2.45, 2.75) is 0 Å². The maximum Gasteiger partial charge on any atom is 0.230 e. The number of nitrogens with zero attached hydrogens (tertiary/aromatic N) is 3. The molecule has 0 radical (unpaired) electrons. The van der Waals surface area contributed by atoms with E-state index in [-0.39, 0.29) is 12.5 Å². The summed E-state index contributed by atoms with van der Waals surface area (Å²) in [6.07, 6.45) is 0. The number of azide groups is 1. The molecule has 6 nitrogen and oxygen atoms in total. The molecule has 0 unspecified atom stereocenters. The van der Waals surface area contributed by atoms with Crippen LogP contribution in [0.2, 0.25) is 0 Å². The highest BCUT2D eigenvalue weighted by Gasteiger charge is 2.04. The van der Waals surface area contributed by atoms with Crippen LogP contribution in [-0.4, -0.2) is 19.6 Å². The van der Waals surface area contributed by atoms with E-state index >= 15 is 0 Å². The number of hydrogen-bond acceptors (Lipinski definition) is 3. The van der Waals surface area contributed by atoms with Crippen molar-refractivity contribution in [2.75, 3.05) is 19.0 Å². The van der Waals surface area contributed by atoms with Gasteiger partial charge >= 0.3 is 0 Å². The number of methoxy groups -OCH3 is 1. The van der Waals surface area contributed by atoms with Gasteiger partial charge in [0.15, 0.2) is 0 Å². The molecule has 0 spiro atoms. The van der Waals surface area contributed by atoms with Crippen molar-refractivity contribution in [1.29, 1.82) is 0 Å². The lowest BCUT2D eigenvalue weighted by molar-refractivity contribution is -0.114. The van der Waals surface area contributed by atoms with Gasteiger partial charge in [0.25, 0.3) is 0 Å². The minimum absolute atomic E-state index is 0.228. The summed E-state index contributed by atoms with van der Waals surface area (Å²) in [6, 6.07) is 6.99. The second-order valence-corrected chi connectivity index (χ2v) is 2.64. The summed E-state index contributed by atoms with van der Waals surface area (Å²) in [4.78, 5) is 13.7. The third-order valence-corrected chi connectivity index (χ3v) is 1.66. The van der Waals surface area contributed by atoms with Crippen molar-refractivity contribution < 1.29 is 9.53 Å². The number of amides is 1. The van der Waals surface area contributed by atoms with Gasteiger partial charge in [0, 0.05) is 4.91 Å².